The first-order chi connectivity index (χ1) is 9.04. The average molecular weight is 284 g/mol. The van der Waals surface area contributed by atoms with Gasteiger partial charge >= 0.3 is 0 Å². The van der Waals surface area contributed by atoms with E-state index in [1.165, 1.54) is 12.8 Å². The summed E-state index contributed by atoms with van der Waals surface area (Å²) < 4.78 is 32.5. The van der Waals surface area contributed by atoms with Crippen molar-refractivity contribution in [3.8, 4) is 0 Å². The minimum Gasteiger partial charge on any atom is -0.464 e. The first-order valence-corrected chi connectivity index (χ1v) is 8.35. The number of nitrogens with one attached hydrogen (secondary N) is 2. The Morgan fingerprint density at radius 3 is 2.68 bits per heavy atom. The summed E-state index contributed by atoms with van der Waals surface area (Å²) in [5.74, 6) is 1.69. The molecule has 2 aliphatic rings. The Kier molecular flexibility index (Phi) is 3.41. The first-order valence-electron chi connectivity index (χ1n) is 6.87. The number of hydrogen-bond acceptors (Lipinski definition) is 4. The molecule has 2 N–H and O–H groups in total. The second-order valence-electron chi connectivity index (χ2n) is 5.58. The SMILES string of the molecule is Cc1oc(CNC2CC2)cc1S(=O)(=O)NCC1CC1. The van der Waals surface area contributed by atoms with Crippen LogP contribution in [-0.2, 0) is 16.6 Å². The summed E-state index contributed by atoms with van der Waals surface area (Å²) in [5.41, 5.74) is 0. The van der Waals surface area contributed by atoms with Crippen LogP contribution >= 0.6 is 0 Å². The maximum absolute atomic E-state index is 12.2. The lowest BCUT2D eigenvalue weighted by Crippen LogP contribution is -2.26. The Bertz CT molecular complexity index is 556. The van der Waals surface area contributed by atoms with Gasteiger partial charge in [0.25, 0.3) is 0 Å². The van der Waals surface area contributed by atoms with Crippen molar-refractivity contribution in [3.05, 3.63) is 17.6 Å². The van der Waals surface area contributed by atoms with E-state index in [0.717, 1.165) is 12.8 Å². The predicted octanol–water partition coefficient (Wildman–Crippen LogP) is 1.53. The zero-order chi connectivity index (χ0) is 13.5. The number of rotatable bonds is 7. The van der Waals surface area contributed by atoms with Crippen molar-refractivity contribution in [2.45, 2.75) is 50.1 Å². The van der Waals surface area contributed by atoms with Gasteiger partial charge in [0, 0.05) is 18.7 Å². The molecule has 0 aromatic carbocycles. The van der Waals surface area contributed by atoms with Crippen molar-refractivity contribution in [3.63, 3.8) is 0 Å². The summed E-state index contributed by atoms with van der Waals surface area (Å²) >= 11 is 0. The molecule has 0 spiro atoms. The molecule has 2 saturated carbocycles. The van der Waals surface area contributed by atoms with E-state index in [-0.39, 0.29) is 4.90 Å². The van der Waals surface area contributed by atoms with E-state index in [4.69, 9.17) is 4.42 Å². The first kappa shape index (κ1) is 13.1. The molecule has 6 heteroatoms. The standard InChI is InChI=1S/C13H20N2O3S/c1-9-13(19(16,17)15-7-10-2-3-10)6-12(18-9)8-14-11-4-5-11/h6,10-11,14-15H,2-5,7-8H2,1H3. The van der Waals surface area contributed by atoms with Gasteiger partial charge in [-0.05, 0) is 38.5 Å². The monoisotopic (exact) mass is 284 g/mol. The van der Waals surface area contributed by atoms with Crippen LogP contribution in [0.1, 0.15) is 37.2 Å². The van der Waals surface area contributed by atoms with Gasteiger partial charge < -0.3 is 9.73 Å². The Balaban J connectivity index is 1.67. The normalized spacial score (nSPS) is 19.8. The van der Waals surface area contributed by atoms with Crippen LogP contribution in [0.3, 0.4) is 0 Å². The molecule has 3 rings (SSSR count). The molecular formula is C13H20N2O3S. The molecule has 0 atom stereocenters. The highest BCUT2D eigenvalue weighted by atomic mass is 32.2. The van der Waals surface area contributed by atoms with Gasteiger partial charge in [-0.1, -0.05) is 0 Å². The molecule has 19 heavy (non-hydrogen) atoms. The van der Waals surface area contributed by atoms with Crippen LogP contribution in [-0.4, -0.2) is 21.0 Å². The van der Waals surface area contributed by atoms with Crippen LogP contribution in [0, 0.1) is 12.8 Å². The van der Waals surface area contributed by atoms with Crippen LogP contribution in [0.4, 0.5) is 0 Å². The minimum atomic E-state index is -3.42. The minimum absolute atomic E-state index is 0.278. The average Bonchev–Trinajstić information content (AvgIpc) is 3.24. The molecular weight excluding hydrogens is 264 g/mol. The van der Waals surface area contributed by atoms with Gasteiger partial charge in [0.1, 0.15) is 16.4 Å². The largest absolute Gasteiger partial charge is 0.464 e. The molecule has 2 fully saturated rings. The van der Waals surface area contributed by atoms with Gasteiger partial charge in [0.05, 0.1) is 6.54 Å². The van der Waals surface area contributed by atoms with Gasteiger partial charge in [-0.25, -0.2) is 13.1 Å². The number of sulfonamides is 1. The van der Waals surface area contributed by atoms with Crippen molar-refractivity contribution >= 4 is 10.0 Å². The number of furan rings is 1. The molecule has 0 unspecified atom stereocenters. The van der Waals surface area contributed by atoms with Crippen molar-refractivity contribution in [1.29, 1.82) is 0 Å². The van der Waals surface area contributed by atoms with Crippen LogP contribution in [0.15, 0.2) is 15.4 Å². The van der Waals surface area contributed by atoms with E-state index in [9.17, 15) is 8.42 Å². The van der Waals surface area contributed by atoms with Crippen molar-refractivity contribution in [2.75, 3.05) is 6.54 Å². The summed E-state index contributed by atoms with van der Waals surface area (Å²) in [6.07, 6.45) is 4.66. The molecule has 2 aliphatic carbocycles. The highest BCUT2D eigenvalue weighted by Gasteiger charge is 2.27. The molecule has 106 valence electrons. The Labute approximate surface area is 113 Å². The maximum Gasteiger partial charge on any atom is 0.244 e. The third-order valence-electron chi connectivity index (χ3n) is 3.61. The van der Waals surface area contributed by atoms with Crippen molar-refractivity contribution in [2.24, 2.45) is 5.92 Å². The molecule has 0 saturated heterocycles. The second kappa shape index (κ2) is 4.92. The maximum atomic E-state index is 12.2. The third-order valence-corrected chi connectivity index (χ3v) is 5.15. The Morgan fingerprint density at radius 1 is 1.32 bits per heavy atom. The molecule has 0 amide bonds. The Hall–Kier alpha value is -0.850. The van der Waals surface area contributed by atoms with Gasteiger partial charge in [0.2, 0.25) is 10.0 Å². The van der Waals surface area contributed by atoms with Crippen LogP contribution < -0.4 is 10.0 Å². The van der Waals surface area contributed by atoms with Crippen LogP contribution in [0.2, 0.25) is 0 Å². The third kappa shape index (κ3) is 3.38. The lowest BCUT2D eigenvalue weighted by atomic mass is 10.4. The molecule has 1 aromatic rings. The number of aryl methyl sites for hydroxylation is 1. The summed E-state index contributed by atoms with van der Waals surface area (Å²) in [6, 6.07) is 2.22. The predicted molar refractivity (Wildman–Crippen MR) is 71.2 cm³/mol. The number of hydrogen-bond donors (Lipinski definition) is 2. The van der Waals surface area contributed by atoms with Gasteiger partial charge in [-0.2, -0.15) is 0 Å². The molecule has 0 radical (unpaired) electrons. The topological polar surface area (TPSA) is 71.3 Å². The quantitative estimate of drug-likeness (QED) is 0.796. The molecule has 0 aliphatic heterocycles. The zero-order valence-electron chi connectivity index (χ0n) is 11.1. The van der Waals surface area contributed by atoms with E-state index in [1.54, 1.807) is 13.0 Å². The fourth-order valence-electron chi connectivity index (χ4n) is 2.04. The lowest BCUT2D eigenvalue weighted by molar-refractivity contribution is 0.456. The van der Waals surface area contributed by atoms with Gasteiger partial charge in [0.15, 0.2) is 0 Å². The molecule has 0 bridgehead atoms. The summed E-state index contributed by atoms with van der Waals surface area (Å²) in [6.45, 7) is 2.85. The Morgan fingerprint density at radius 2 is 2.05 bits per heavy atom. The lowest BCUT2D eigenvalue weighted by Gasteiger charge is -2.03. The van der Waals surface area contributed by atoms with Gasteiger partial charge in [-0.3, -0.25) is 0 Å². The van der Waals surface area contributed by atoms with E-state index in [1.807, 2.05) is 0 Å². The molecule has 1 heterocycles. The highest BCUT2D eigenvalue weighted by molar-refractivity contribution is 7.89. The smallest absolute Gasteiger partial charge is 0.244 e. The summed E-state index contributed by atoms with van der Waals surface area (Å²) in [5, 5.41) is 3.32. The fraction of sp³-hybridized carbons (Fsp3) is 0.692. The second-order valence-corrected chi connectivity index (χ2v) is 7.32. The van der Waals surface area contributed by atoms with E-state index in [2.05, 4.69) is 10.0 Å². The van der Waals surface area contributed by atoms with E-state index in [0.29, 0.717) is 36.6 Å². The van der Waals surface area contributed by atoms with Crippen molar-refractivity contribution in [1.82, 2.24) is 10.0 Å². The van der Waals surface area contributed by atoms with E-state index >= 15 is 0 Å². The van der Waals surface area contributed by atoms with Gasteiger partial charge in [-0.15, -0.1) is 0 Å². The zero-order valence-corrected chi connectivity index (χ0v) is 11.9. The molecule has 1 aromatic heterocycles. The summed E-state index contributed by atoms with van der Waals surface area (Å²) in [7, 11) is -3.42. The highest BCUT2D eigenvalue weighted by Crippen LogP contribution is 2.29. The molecule has 5 nitrogen and oxygen atoms in total. The fourth-order valence-corrected chi connectivity index (χ4v) is 3.36. The van der Waals surface area contributed by atoms with Crippen LogP contribution in [0.5, 0.6) is 0 Å². The van der Waals surface area contributed by atoms with E-state index < -0.39 is 10.0 Å². The summed E-state index contributed by atoms with van der Waals surface area (Å²) in [4.78, 5) is 0.278. The van der Waals surface area contributed by atoms with Crippen molar-refractivity contribution < 1.29 is 12.8 Å². The van der Waals surface area contributed by atoms with Crippen LogP contribution in [0.25, 0.3) is 0 Å².